The minimum atomic E-state index is -0.740. The van der Waals surface area contributed by atoms with Gasteiger partial charge in [0.2, 0.25) is 0 Å². The second-order valence-corrected chi connectivity index (χ2v) is 5.14. The van der Waals surface area contributed by atoms with Gasteiger partial charge in [0.25, 0.3) is 5.91 Å². The van der Waals surface area contributed by atoms with E-state index >= 15 is 0 Å². The number of rotatable bonds is 4. The lowest BCUT2D eigenvalue weighted by atomic mass is 10.2. The van der Waals surface area contributed by atoms with Crippen molar-refractivity contribution in [1.29, 1.82) is 0 Å². The van der Waals surface area contributed by atoms with Gasteiger partial charge in [0.05, 0.1) is 17.6 Å². The fourth-order valence-electron chi connectivity index (χ4n) is 2.08. The van der Waals surface area contributed by atoms with Crippen LogP contribution in [-0.4, -0.2) is 10.9 Å². The Balaban J connectivity index is 1.67. The van der Waals surface area contributed by atoms with Crippen LogP contribution < -0.4 is 10.6 Å². The molecule has 2 aromatic carbocycles. The average Bonchev–Trinajstić information content (AvgIpc) is 2.59. The van der Waals surface area contributed by atoms with Crippen molar-refractivity contribution >= 4 is 23.1 Å². The van der Waals surface area contributed by atoms with Crippen molar-refractivity contribution in [2.45, 2.75) is 0 Å². The van der Waals surface area contributed by atoms with Crippen LogP contribution in [0.15, 0.2) is 60.8 Å². The maximum atomic E-state index is 13.6. The molecule has 1 amide bonds. The van der Waals surface area contributed by atoms with Gasteiger partial charge in [-0.3, -0.25) is 4.79 Å². The molecule has 0 aliphatic heterocycles. The zero-order valence-corrected chi connectivity index (χ0v) is 12.8. The van der Waals surface area contributed by atoms with E-state index in [1.54, 1.807) is 6.07 Å². The third kappa shape index (κ3) is 4.14. The highest BCUT2D eigenvalue weighted by Crippen LogP contribution is 2.20. The number of halogens is 3. The Morgan fingerprint density at radius 3 is 2.24 bits per heavy atom. The molecule has 0 aliphatic carbocycles. The van der Waals surface area contributed by atoms with Crippen LogP contribution >= 0.6 is 0 Å². The van der Waals surface area contributed by atoms with E-state index in [-0.39, 0.29) is 5.69 Å². The first-order chi connectivity index (χ1) is 12.0. The Morgan fingerprint density at radius 2 is 1.60 bits per heavy atom. The normalized spacial score (nSPS) is 10.4. The van der Waals surface area contributed by atoms with Crippen LogP contribution in [0.25, 0.3) is 0 Å². The number of hydrogen-bond acceptors (Lipinski definition) is 3. The summed E-state index contributed by atoms with van der Waals surface area (Å²) in [6.07, 6.45) is 1.38. The Bertz CT molecular complexity index is 896. The van der Waals surface area contributed by atoms with Crippen LogP contribution in [0.4, 0.5) is 30.4 Å². The molecule has 0 aliphatic rings. The largest absolute Gasteiger partial charge is 0.338 e. The number of anilines is 3. The number of nitrogens with zero attached hydrogens (tertiary/aromatic N) is 1. The van der Waals surface area contributed by atoms with Gasteiger partial charge in [-0.05, 0) is 48.5 Å². The molecule has 0 saturated heterocycles. The summed E-state index contributed by atoms with van der Waals surface area (Å²) in [6, 6.07) is 11.4. The van der Waals surface area contributed by atoms with Gasteiger partial charge >= 0.3 is 0 Å². The smallest absolute Gasteiger partial charge is 0.255 e. The predicted octanol–water partition coefficient (Wildman–Crippen LogP) is 4.49. The molecule has 3 rings (SSSR count). The lowest BCUT2D eigenvalue weighted by Gasteiger charge is -2.09. The van der Waals surface area contributed by atoms with Crippen LogP contribution in [-0.2, 0) is 0 Å². The van der Waals surface area contributed by atoms with Crippen molar-refractivity contribution in [3.05, 3.63) is 83.8 Å². The molecule has 7 heteroatoms. The summed E-state index contributed by atoms with van der Waals surface area (Å²) < 4.78 is 39.3. The highest BCUT2D eigenvalue weighted by Gasteiger charge is 2.08. The lowest BCUT2D eigenvalue weighted by Crippen LogP contribution is -2.12. The van der Waals surface area contributed by atoms with E-state index in [4.69, 9.17) is 0 Å². The first-order valence-corrected chi connectivity index (χ1v) is 7.26. The van der Waals surface area contributed by atoms with E-state index in [9.17, 15) is 18.0 Å². The summed E-state index contributed by atoms with van der Waals surface area (Å²) in [4.78, 5) is 16.1. The topological polar surface area (TPSA) is 54.0 Å². The molecule has 0 saturated carbocycles. The van der Waals surface area contributed by atoms with E-state index in [1.165, 1.54) is 42.6 Å². The molecule has 0 radical (unpaired) electrons. The SMILES string of the molecule is O=C(Nc1ccc(Nc2ccc(F)cc2F)nc1)c1ccc(F)cc1. The molecule has 4 nitrogen and oxygen atoms in total. The summed E-state index contributed by atoms with van der Waals surface area (Å²) in [5, 5.41) is 5.32. The second-order valence-electron chi connectivity index (χ2n) is 5.14. The molecule has 0 atom stereocenters. The fraction of sp³-hybridized carbons (Fsp3) is 0. The van der Waals surface area contributed by atoms with Crippen molar-refractivity contribution in [3.63, 3.8) is 0 Å². The van der Waals surface area contributed by atoms with Gasteiger partial charge in [-0.1, -0.05) is 0 Å². The molecule has 1 heterocycles. The van der Waals surface area contributed by atoms with E-state index in [0.717, 1.165) is 12.1 Å². The van der Waals surface area contributed by atoms with Crippen molar-refractivity contribution < 1.29 is 18.0 Å². The van der Waals surface area contributed by atoms with Crippen molar-refractivity contribution in [2.75, 3.05) is 10.6 Å². The van der Waals surface area contributed by atoms with Crippen molar-refractivity contribution in [3.8, 4) is 0 Å². The first-order valence-electron chi connectivity index (χ1n) is 7.26. The maximum Gasteiger partial charge on any atom is 0.255 e. The Hall–Kier alpha value is -3.35. The van der Waals surface area contributed by atoms with Gasteiger partial charge in [-0.25, -0.2) is 18.2 Å². The Kier molecular flexibility index (Phi) is 4.65. The zero-order chi connectivity index (χ0) is 17.8. The number of nitrogens with one attached hydrogen (secondary N) is 2. The number of hydrogen-bond donors (Lipinski definition) is 2. The molecule has 3 aromatic rings. The highest BCUT2D eigenvalue weighted by molar-refractivity contribution is 6.04. The third-order valence-electron chi connectivity index (χ3n) is 3.32. The predicted molar refractivity (Wildman–Crippen MR) is 88.2 cm³/mol. The first kappa shape index (κ1) is 16.5. The van der Waals surface area contributed by atoms with Crippen LogP contribution in [0.3, 0.4) is 0 Å². The molecule has 2 N–H and O–H groups in total. The minimum Gasteiger partial charge on any atom is -0.338 e. The Morgan fingerprint density at radius 1 is 0.880 bits per heavy atom. The van der Waals surface area contributed by atoms with Crippen LogP contribution in [0.5, 0.6) is 0 Å². The molecule has 1 aromatic heterocycles. The Labute approximate surface area is 141 Å². The second kappa shape index (κ2) is 7.04. The van der Waals surface area contributed by atoms with E-state index in [2.05, 4.69) is 15.6 Å². The summed E-state index contributed by atoms with van der Waals surface area (Å²) in [5.74, 6) is -1.93. The quantitative estimate of drug-likeness (QED) is 0.734. The number of carbonyl (C=O) groups is 1. The molecule has 0 spiro atoms. The fourth-order valence-corrected chi connectivity index (χ4v) is 2.08. The number of benzene rings is 2. The number of amides is 1. The van der Waals surface area contributed by atoms with Gasteiger partial charge in [-0.15, -0.1) is 0 Å². The number of carbonyl (C=O) groups excluding carboxylic acids is 1. The van der Waals surface area contributed by atoms with E-state index in [0.29, 0.717) is 17.1 Å². The van der Waals surface area contributed by atoms with Crippen LogP contribution in [0.2, 0.25) is 0 Å². The summed E-state index contributed by atoms with van der Waals surface area (Å²) >= 11 is 0. The molecule has 0 bridgehead atoms. The molecular weight excluding hydrogens is 331 g/mol. The molecule has 25 heavy (non-hydrogen) atoms. The van der Waals surface area contributed by atoms with Gasteiger partial charge in [0.15, 0.2) is 0 Å². The average molecular weight is 343 g/mol. The minimum absolute atomic E-state index is 0.0806. The van der Waals surface area contributed by atoms with E-state index in [1.807, 2.05) is 0 Å². The van der Waals surface area contributed by atoms with Crippen molar-refractivity contribution in [2.24, 2.45) is 0 Å². The monoisotopic (exact) mass is 343 g/mol. The van der Waals surface area contributed by atoms with Gasteiger partial charge in [-0.2, -0.15) is 0 Å². The van der Waals surface area contributed by atoms with Crippen LogP contribution in [0, 0.1) is 17.5 Å². The highest BCUT2D eigenvalue weighted by atomic mass is 19.1. The standard InChI is InChI=1S/C18H12F3N3O/c19-12-3-1-11(2-4-12)18(25)23-14-6-8-17(22-10-14)24-16-7-5-13(20)9-15(16)21/h1-10H,(H,22,24)(H,23,25). The molecular formula is C18H12F3N3O. The summed E-state index contributed by atoms with van der Waals surface area (Å²) in [7, 11) is 0. The van der Waals surface area contributed by atoms with Gasteiger partial charge in [0.1, 0.15) is 23.3 Å². The zero-order valence-electron chi connectivity index (χ0n) is 12.8. The van der Waals surface area contributed by atoms with Crippen molar-refractivity contribution in [1.82, 2.24) is 4.98 Å². The lowest BCUT2D eigenvalue weighted by molar-refractivity contribution is 0.102. The van der Waals surface area contributed by atoms with Crippen LogP contribution in [0.1, 0.15) is 10.4 Å². The maximum absolute atomic E-state index is 13.6. The summed E-state index contributed by atoms with van der Waals surface area (Å²) in [6.45, 7) is 0. The molecule has 0 unspecified atom stereocenters. The summed E-state index contributed by atoms with van der Waals surface area (Å²) in [5.41, 5.74) is 0.799. The number of pyridine rings is 1. The van der Waals surface area contributed by atoms with Gasteiger partial charge in [0, 0.05) is 11.6 Å². The molecule has 126 valence electrons. The number of aromatic nitrogens is 1. The molecule has 0 fully saturated rings. The third-order valence-corrected chi connectivity index (χ3v) is 3.32. The van der Waals surface area contributed by atoms with E-state index < -0.39 is 23.4 Å². The van der Waals surface area contributed by atoms with Gasteiger partial charge < -0.3 is 10.6 Å².